The van der Waals surface area contributed by atoms with Gasteiger partial charge in [-0.3, -0.25) is 0 Å². The Labute approximate surface area is 112 Å². The molecule has 0 heterocycles. The number of hydrogen-bond donors (Lipinski definition) is 1. The van der Waals surface area contributed by atoms with Gasteiger partial charge in [-0.25, -0.2) is 11.4 Å². The van der Waals surface area contributed by atoms with Crippen LogP contribution in [0.5, 0.6) is 0 Å². The summed E-state index contributed by atoms with van der Waals surface area (Å²) in [5, 5.41) is 2.50. The second-order valence-corrected chi connectivity index (χ2v) is 6.81. The van der Waals surface area contributed by atoms with E-state index in [0.717, 1.165) is 17.9 Å². The van der Waals surface area contributed by atoms with Crippen molar-refractivity contribution >= 4 is 16.7 Å². The normalized spacial score (nSPS) is 26.7. The maximum Gasteiger partial charge on any atom is 0.00926 e. The lowest BCUT2D eigenvalue weighted by Crippen LogP contribution is -2.36. The summed E-state index contributed by atoms with van der Waals surface area (Å²) < 4.78 is 0. The monoisotopic (exact) mass is 257 g/mol. The van der Waals surface area contributed by atoms with Crippen molar-refractivity contribution in [1.82, 2.24) is 4.90 Å². The zero-order valence-electron chi connectivity index (χ0n) is 12.2. The highest BCUT2D eigenvalue weighted by atomic mass is 32.1. The third-order valence-corrected chi connectivity index (χ3v) is 4.74. The fourth-order valence-electron chi connectivity index (χ4n) is 2.83. The SMILES string of the molecule is C/[SH]=C/C1CCC(N(C)CCCC(C)C)CC1. The lowest BCUT2D eigenvalue weighted by molar-refractivity contribution is 0.177. The number of hydrogen-bond acceptors (Lipinski definition) is 1. The van der Waals surface area contributed by atoms with Crippen LogP contribution < -0.4 is 0 Å². The van der Waals surface area contributed by atoms with Gasteiger partial charge in [0.15, 0.2) is 0 Å². The Hall–Kier alpha value is 0.180. The Morgan fingerprint density at radius 2 is 1.88 bits per heavy atom. The van der Waals surface area contributed by atoms with Crippen molar-refractivity contribution in [3.05, 3.63) is 0 Å². The summed E-state index contributed by atoms with van der Waals surface area (Å²) in [6.45, 7) is 5.94. The van der Waals surface area contributed by atoms with E-state index in [2.05, 4.69) is 37.4 Å². The summed E-state index contributed by atoms with van der Waals surface area (Å²) in [5.41, 5.74) is 0. The molecule has 0 unspecified atom stereocenters. The highest BCUT2D eigenvalue weighted by Gasteiger charge is 2.22. The third-order valence-electron chi connectivity index (χ3n) is 4.02. The second kappa shape index (κ2) is 8.31. The molecular weight excluding hydrogens is 226 g/mol. The standard InChI is InChI=1S/C15H31NS/c1-13(2)6-5-11-16(3)15-9-7-14(8-10-15)12-17-4/h12-15,17H,5-11H2,1-4H3. The molecule has 0 N–H and O–H groups in total. The smallest absolute Gasteiger partial charge is 0.00926 e. The van der Waals surface area contributed by atoms with Gasteiger partial charge in [-0.1, -0.05) is 19.2 Å². The first-order valence-corrected chi connectivity index (χ1v) is 8.67. The fourth-order valence-corrected chi connectivity index (χ4v) is 3.55. The van der Waals surface area contributed by atoms with Gasteiger partial charge in [-0.15, -0.1) is 0 Å². The average molecular weight is 257 g/mol. The molecule has 0 atom stereocenters. The summed E-state index contributed by atoms with van der Waals surface area (Å²) in [5.74, 6) is 1.76. The molecule has 0 bridgehead atoms. The maximum atomic E-state index is 2.61. The topological polar surface area (TPSA) is 3.24 Å². The van der Waals surface area contributed by atoms with Crippen LogP contribution in [0.25, 0.3) is 0 Å². The van der Waals surface area contributed by atoms with Crippen LogP contribution in [0.15, 0.2) is 0 Å². The van der Waals surface area contributed by atoms with Gasteiger partial charge in [0.1, 0.15) is 0 Å². The molecule has 1 aliphatic carbocycles. The molecule has 0 spiro atoms. The van der Waals surface area contributed by atoms with E-state index in [4.69, 9.17) is 0 Å². The molecule has 1 fully saturated rings. The summed E-state index contributed by atoms with van der Waals surface area (Å²) in [6, 6.07) is 0.861. The Kier molecular flexibility index (Phi) is 7.45. The molecule has 0 aromatic rings. The van der Waals surface area contributed by atoms with E-state index < -0.39 is 0 Å². The molecule has 1 rings (SSSR count). The molecule has 1 aliphatic rings. The molecule has 0 amide bonds. The lowest BCUT2D eigenvalue weighted by atomic mass is 9.86. The van der Waals surface area contributed by atoms with Crippen LogP contribution in [0.1, 0.15) is 52.4 Å². The molecular formula is C15H31NS. The van der Waals surface area contributed by atoms with Crippen molar-refractivity contribution < 1.29 is 0 Å². The van der Waals surface area contributed by atoms with Crippen LogP contribution >= 0.6 is 11.4 Å². The van der Waals surface area contributed by atoms with Crippen molar-refractivity contribution in [1.29, 1.82) is 0 Å². The molecule has 102 valence electrons. The highest BCUT2D eigenvalue weighted by Crippen LogP contribution is 2.26. The quantitative estimate of drug-likeness (QED) is 0.559. The van der Waals surface area contributed by atoms with E-state index in [-0.39, 0.29) is 0 Å². The van der Waals surface area contributed by atoms with Gasteiger partial charge in [-0.2, -0.15) is 0 Å². The fraction of sp³-hybridized carbons (Fsp3) is 0.933. The van der Waals surface area contributed by atoms with Gasteiger partial charge < -0.3 is 4.90 Å². The van der Waals surface area contributed by atoms with Crippen LogP contribution in [-0.2, 0) is 0 Å². The average Bonchev–Trinajstić information content (AvgIpc) is 2.30. The van der Waals surface area contributed by atoms with Gasteiger partial charge in [0.25, 0.3) is 0 Å². The molecule has 0 saturated heterocycles. The first-order valence-electron chi connectivity index (χ1n) is 7.26. The van der Waals surface area contributed by atoms with Crippen molar-refractivity contribution in [2.75, 3.05) is 19.8 Å². The summed E-state index contributed by atoms with van der Waals surface area (Å²) in [7, 11) is 2.33. The molecule has 2 heteroatoms. The first-order chi connectivity index (χ1) is 8.13. The van der Waals surface area contributed by atoms with E-state index in [1.165, 1.54) is 56.4 Å². The molecule has 1 saturated carbocycles. The van der Waals surface area contributed by atoms with E-state index in [9.17, 15) is 0 Å². The van der Waals surface area contributed by atoms with Crippen LogP contribution in [-0.4, -0.2) is 36.2 Å². The van der Waals surface area contributed by atoms with Gasteiger partial charge in [0.05, 0.1) is 0 Å². The van der Waals surface area contributed by atoms with E-state index in [1.54, 1.807) is 0 Å². The highest BCUT2D eigenvalue weighted by molar-refractivity contribution is 7.96. The first kappa shape index (κ1) is 15.2. The van der Waals surface area contributed by atoms with Crippen LogP contribution in [0.3, 0.4) is 0 Å². The minimum Gasteiger partial charge on any atom is -0.303 e. The van der Waals surface area contributed by atoms with E-state index >= 15 is 0 Å². The zero-order chi connectivity index (χ0) is 12.7. The maximum absolute atomic E-state index is 2.61. The van der Waals surface area contributed by atoms with Crippen LogP contribution in [0.2, 0.25) is 0 Å². The van der Waals surface area contributed by atoms with E-state index in [1.807, 2.05) is 0 Å². The van der Waals surface area contributed by atoms with Crippen molar-refractivity contribution in [3.63, 3.8) is 0 Å². The number of nitrogens with zero attached hydrogens (tertiary/aromatic N) is 1. The minimum absolute atomic E-state index is 0.859. The molecule has 17 heavy (non-hydrogen) atoms. The van der Waals surface area contributed by atoms with Crippen molar-refractivity contribution in [2.24, 2.45) is 11.8 Å². The summed E-state index contributed by atoms with van der Waals surface area (Å²) in [4.78, 5) is 2.61. The third kappa shape index (κ3) is 6.05. The minimum atomic E-state index is 0.859. The zero-order valence-corrected chi connectivity index (χ0v) is 13.0. The predicted molar refractivity (Wildman–Crippen MR) is 83.4 cm³/mol. The summed E-state index contributed by atoms with van der Waals surface area (Å²) >= 11 is 1.47. The van der Waals surface area contributed by atoms with Gasteiger partial charge in [0.2, 0.25) is 0 Å². The van der Waals surface area contributed by atoms with Gasteiger partial charge >= 0.3 is 0 Å². The molecule has 1 nitrogen and oxygen atoms in total. The summed E-state index contributed by atoms with van der Waals surface area (Å²) in [6.07, 6.45) is 10.6. The number of rotatable bonds is 6. The molecule has 0 aromatic carbocycles. The molecule has 0 radical (unpaired) electrons. The predicted octanol–water partition coefficient (Wildman–Crippen LogP) is 3.81. The molecule has 0 aromatic heterocycles. The Balaban J connectivity index is 2.19. The Morgan fingerprint density at radius 1 is 1.24 bits per heavy atom. The van der Waals surface area contributed by atoms with Gasteiger partial charge in [-0.05, 0) is 70.2 Å². The lowest BCUT2D eigenvalue weighted by Gasteiger charge is -2.34. The van der Waals surface area contributed by atoms with Crippen LogP contribution in [0, 0.1) is 11.8 Å². The van der Waals surface area contributed by atoms with Crippen molar-refractivity contribution in [3.8, 4) is 0 Å². The van der Waals surface area contributed by atoms with Gasteiger partial charge in [0, 0.05) is 6.04 Å². The van der Waals surface area contributed by atoms with E-state index in [0.29, 0.717) is 0 Å². The van der Waals surface area contributed by atoms with Crippen molar-refractivity contribution in [2.45, 2.75) is 58.4 Å². The Bertz CT molecular complexity index is 217. The molecule has 0 aliphatic heterocycles. The Morgan fingerprint density at radius 3 is 2.41 bits per heavy atom. The largest absolute Gasteiger partial charge is 0.303 e. The number of thiol groups is 1. The van der Waals surface area contributed by atoms with Crippen LogP contribution in [0.4, 0.5) is 0 Å². The second-order valence-electron chi connectivity index (χ2n) is 5.99.